The third kappa shape index (κ3) is 3.19. The molecule has 1 atom stereocenters. The zero-order valence-corrected chi connectivity index (χ0v) is 8.42. The van der Waals surface area contributed by atoms with Crippen LogP contribution in [0.4, 0.5) is 13.2 Å². The maximum atomic E-state index is 11.8. The summed E-state index contributed by atoms with van der Waals surface area (Å²) >= 11 is 0. The number of alkyl halides is 3. The SMILES string of the molecule is N[C@H](C(=O)OC(=O)C(F)(F)F)C1CCCC1. The lowest BCUT2D eigenvalue weighted by Crippen LogP contribution is -2.41. The molecule has 1 saturated carbocycles. The Hall–Kier alpha value is -1.11. The quantitative estimate of drug-likeness (QED) is 0.579. The van der Waals surface area contributed by atoms with Crippen molar-refractivity contribution in [2.24, 2.45) is 11.7 Å². The van der Waals surface area contributed by atoms with Gasteiger partial charge in [0.25, 0.3) is 0 Å². The zero-order valence-electron chi connectivity index (χ0n) is 8.42. The van der Waals surface area contributed by atoms with Crippen LogP contribution in [0.3, 0.4) is 0 Å². The Morgan fingerprint density at radius 3 is 2.19 bits per heavy atom. The number of ether oxygens (including phenoxy) is 1. The van der Waals surface area contributed by atoms with E-state index in [9.17, 15) is 22.8 Å². The summed E-state index contributed by atoms with van der Waals surface area (Å²) < 4.78 is 39.0. The van der Waals surface area contributed by atoms with Crippen LogP contribution in [0.15, 0.2) is 0 Å². The highest BCUT2D eigenvalue weighted by atomic mass is 19.4. The Kier molecular flexibility index (Phi) is 3.90. The van der Waals surface area contributed by atoms with Gasteiger partial charge in [-0.1, -0.05) is 12.8 Å². The monoisotopic (exact) mass is 239 g/mol. The molecule has 92 valence electrons. The van der Waals surface area contributed by atoms with E-state index < -0.39 is 24.2 Å². The second-order valence-corrected chi connectivity index (χ2v) is 3.78. The molecule has 0 heterocycles. The molecule has 0 bridgehead atoms. The second kappa shape index (κ2) is 4.82. The van der Waals surface area contributed by atoms with E-state index in [1.54, 1.807) is 0 Å². The van der Waals surface area contributed by atoms with Gasteiger partial charge in [-0.15, -0.1) is 0 Å². The molecule has 0 saturated heterocycles. The van der Waals surface area contributed by atoms with Gasteiger partial charge in [-0.05, 0) is 18.8 Å². The van der Waals surface area contributed by atoms with Crippen LogP contribution < -0.4 is 5.73 Å². The molecule has 7 heteroatoms. The van der Waals surface area contributed by atoms with Gasteiger partial charge in [0.1, 0.15) is 6.04 Å². The number of halogens is 3. The van der Waals surface area contributed by atoms with Gasteiger partial charge in [-0.2, -0.15) is 13.2 Å². The minimum absolute atomic E-state index is 0.187. The molecule has 1 aliphatic carbocycles. The summed E-state index contributed by atoms with van der Waals surface area (Å²) in [7, 11) is 0. The molecule has 0 unspecified atom stereocenters. The van der Waals surface area contributed by atoms with E-state index in [4.69, 9.17) is 5.73 Å². The topological polar surface area (TPSA) is 69.4 Å². The van der Waals surface area contributed by atoms with Crippen molar-refractivity contribution < 1.29 is 27.5 Å². The first-order chi connectivity index (χ1) is 7.32. The van der Waals surface area contributed by atoms with Gasteiger partial charge in [0.15, 0.2) is 0 Å². The Balaban J connectivity index is 2.48. The van der Waals surface area contributed by atoms with Crippen LogP contribution in [0.25, 0.3) is 0 Å². The first-order valence-electron chi connectivity index (χ1n) is 4.91. The summed E-state index contributed by atoms with van der Waals surface area (Å²) in [6.07, 6.45) is -2.03. The Morgan fingerprint density at radius 2 is 1.75 bits per heavy atom. The van der Waals surface area contributed by atoms with Gasteiger partial charge in [0.2, 0.25) is 0 Å². The molecule has 0 spiro atoms. The minimum Gasteiger partial charge on any atom is -0.385 e. The minimum atomic E-state index is -5.16. The maximum absolute atomic E-state index is 11.8. The smallest absolute Gasteiger partial charge is 0.385 e. The molecule has 0 aromatic rings. The molecule has 0 radical (unpaired) electrons. The van der Waals surface area contributed by atoms with E-state index in [0.29, 0.717) is 12.8 Å². The molecule has 0 amide bonds. The fraction of sp³-hybridized carbons (Fsp3) is 0.778. The predicted octanol–water partition coefficient (Wildman–Crippen LogP) is 1.14. The first-order valence-corrected chi connectivity index (χ1v) is 4.91. The second-order valence-electron chi connectivity index (χ2n) is 3.78. The van der Waals surface area contributed by atoms with Crippen molar-refractivity contribution in [1.82, 2.24) is 0 Å². The average Bonchev–Trinajstić information content (AvgIpc) is 2.67. The van der Waals surface area contributed by atoms with Crippen molar-refractivity contribution in [3.63, 3.8) is 0 Å². The molecule has 0 aromatic carbocycles. The molecular formula is C9H12F3NO3. The molecule has 0 aromatic heterocycles. The number of hydrogen-bond acceptors (Lipinski definition) is 4. The molecule has 1 fully saturated rings. The van der Waals surface area contributed by atoms with Crippen LogP contribution in [-0.2, 0) is 14.3 Å². The van der Waals surface area contributed by atoms with Crippen molar-refractivity contribution in [2.45, 2.75) is 37.9 Å². The highest BCUT2D eigenvalue weighted by Gasteiger charge is 2.43. The molecule has 1 aliphatic rings. The summed E-state index contributed by atoms with van der Waals surface area (Å²) in [5.41, 5.74) is 5.42. The van der Waals surface area contributed by atoms with Gasteiger partial charge in [-0.3, -0.25) is 0 Å². The summed E-state index contributed by atoms with van der Waals surface area (Å²) in [5, 5.41) is 0. The highest BCUT2D eigenvalue weighted by molar-refractivity contribution is 5.90. The van der Waals surface area contributed by atoms with Crippen LogP contribution in [0.1, 0.15) is 25.7 Å². The lowest BCUT2D eigenvalue weighted by atomic mass is 9.99. The van der Waals surface area contributed by atoms with Crippen LogP contribution in [0.2, 0.25) is 0 Å². The van der Waals surface area contributed by atoms with E-state index in [-0.39, 0.29) is 5.92 Å². The normalized spacial score (nSPS) is 19.5. The number of esters is 2. The van der Waals surface area contributed by atoms with Crippen LogP contribution in [0, 0.1) is 5.92 Å². The van der Waals surface area contributed by atoms with Crippen molar-refractivity contribution >= 4 is 11.9 Å². The maximum Gasteiger partial charge on any atom is 0.491 e. The Labute approximate surface area is 89.9 Å². The molecule has 16 heavy (non-hydrogen) atoms. The van der Waals surface area contributed by atoms with Crippen LogP contribution >= 0.6 is 0 Å². The Bertz CT molecular complexity index is 284. The molecular weight excluding hydrogens is 227 g/mol. The number of carbonyl (C=O) groups excluding carboxylic acids is 2. The number of nitrogens with two attached hydrogens (primary N) is 1. The third-order valence-electron chi connectivity index (χ3n) is 2.60. The van der Waals surface area contributed by atoms with E-state index >= 15 is 0 Å². The largest absolute Gasteiger partial charge is 0.491 e. The highest BCUT2D eigenvalue weighted by Crippen LogP contribution is 2.27. The lowest BCUT2D eigenvalue weighted by Gasteiger charge is -2.16. The van der Waals surface area contributed by atoms with E-state index in [1.165, 1.54) is 0 Å². The van der Waals surface area contributed by atoms with Crippen molar-refractivity contribution in [3.8, 4) is 0 Å². The van der Waals surface area contributed by atoms with Crippen LogP contribution in [-0.4, -0.2) is 24.2 Å². The van der Waals surface area contributed by atoms with Crippen molar-refractivity contribution in [1.29, 1.82) is 0 Å². The lowest BCUT2D eigenvalue weighted by molar-refractivity contribution is -0.202. The first kappa shape index (κ1) is 13.0. The molecule has 0 aliphatic heterocycles. The van der Waals surface area contributed by atoms with Crippen molar-refractivity contribution in [2.75, 3.05) is 0 Å². The van der Waals surface area contributed by atoms with Gasteiger partial charge in [0, 0.05) is 0 Å². The molecule has 2 N–H and O–H groups in total. The third-order valence-corrected chi connectivity index (χ3v) is 2.60. The summed E-state index contributed by atoms with van der Waals surface area (Å²) in [5.74, 6) is -3.99. The summed E-state index contributed by atoms with van der Waals surface area (Å²) in [6.45, 7) is 0. The van der Waals surface area contributed by atoms with Gasteiger partial charge in [-0.25, -0.2) is 9.59 Å². The fourth-order valence-corrected chi connectivity index (χ4v) is 1.73. The Morgan fingerprint density at radius 1 is 1.25 bits per heavy atom. The standard InChI is InChI=1S/C9H12F3NO3/c10-9(11,12)8(15)16-7(14)6(13)5-3-1-2-4-5/h5-6H,1-4,13H2/t6-/m0/s1. The van der Waals surface area contributed by atoms with Gasteiger partial charge in [0.05, 0.1) is 0 Å². The summed E-state index contributed by atoms with van der Waals surface area (Å²) in [4.78, 5) is 21.5. The number of hydrogen-bond donors (Lipinski definition) is 1. The van der Waals surface area contributed by atoms with E-state index in [2.05, 4.69) is 4.74 Å². The molecule has 1 rings (SSSR count). The van der Waals surface area contributed by atoms with Crippen LogP contribution in [0.5, 0.6) is 0 Å². The van der Waals surface area contributed by atoms with Crippen molar-refractivity contribution in [3.05, 3.63) is 0 Å². The zero-order chi connectivity index (χ0) is 12.3. The van der Waals surface area contributed by atoms with E-state index in [1.807, 2.05) is 0 Å². The summed E-state index contributed by atoms with van der Waals surface area (Å²) in [6, 6.07) is -1.14. The van der Waals surface area contributed by atoms with Gasteiger partial charge >= 0.3 is 18.1 Å². The molecule has 4 nitrogen and oxygen atoms in total. The number of rotatable bonds is 2. The number of carbonyl (C=O) groups is 2. The van der Waals surface area contributed by atoms with Gasteiger partial charge < -0.3 is 10.5 Å². The predicted molar refractivity (Wildman–Crippen MR) is 47.1 cm³/mol. The van der Waals surface area contributed by atoms with E-state index in [0.717, 1.165) is 12.8 Å². The fourth-order valence-electron chi connectivity index (χ4n) is 1.73. The average molecular weight is 239 g/mol.